The van der Waals surface area contributed by atoms with Gasteiger partial charge in [-0.15, -0.1) is 0 Å². The van der Waals surface area contributed by atoms with Crippen LogP contribution in [0.25, 0.3) is 0 Å². The Labute approximate surface area is 125 Å². The highest BCUT2D eigenvalue weighted by atomic mass is 15.3. The second-order valence-electron chi connectivity index (χ2n) is 9.32. The molecule has 2 heteroatoms. The zero-order valence-corrected chi connectivity index (χ0v) is 14.4. The molecule has 1 saturated heterocycles. The first kappa shape index (κ1) is 14.8. The maximum Gasteiger partial charge on any atom is 0.0253 e. The molecule has 2 saturated carbocycles. The van der Waals surface area contributed by atoms with Crippen LogP contribution in [0.15, 0.2) is 0 Å². The van der Waals surface area contributed by atoms with Crippen LogP contribution in [0, 0.1) is 16.7 Å². The second-order valence-corrected chi connectivity index (χ2v) is 9.32. The molecule has 4 atom stereocenters. The Bertz CT molecular complexity index is 382. The van der Waals surface area contributed by atoms with Crippen molar-refractivity contribution < 1.29 is 0 Å². The summed E-state index contributed by atoms with van der Waals surface area (Å²) in [6.45, 7) is 17.2. The van der Waals surface area contributed by atoms with Crippen molar-refractivity contribution in [2.45, 2.75) is 84.8 Å². The Morgan fingerprint density at radius 2 is 1.85 bits per heavy atom. The average Bonchev–Trinajstić information content (AvgIpc) is 2.79. The van der Waals surface area contributed by atoms with E-state index in [1.165, 1.54) is 32.2 Å². The van der Waals surface area contributed by atoms with E-state index in [0.717, 1.165) is 24.5 Å². The van der Waals surface area contributed by atoms with Gasteiger partial charge in [0.05, 0.1) is 0 Å². The fourth-order valence-corrected chi connectivity index (χ4v) is 5.94. The van der Waals surface area contributed by atoms with Gasteiger partial charge >= 0.3 is 0 Å². The number of hydrogen-bond acceptors (Lipinski definition) is 2. The Morgan fingerprint density at radius 3 is 2.40 bits per heavy atom. The highest BCUT2D eigenvalue weighted by molar-refractivity contribution is 5.14. The largest absolute Gasteiger partial charge is 0.309 e. The molecule has 2 bridgehead atoms. The van der Waals surface area contributed by atoms with Gasteiger partial charge in [0.25, 0.3) is 0 Å². The minimum atomic E-state index is 0.264. The van der Waals surface area contributed by atoms with Gasteiger partial charge in [0, 0.05) is 30.7 Å². The summed E-state index contributed by atoms with van der Waals surface area (Å²) in [5, 5.41) is 3.76. The van der Waals surface area contributed by atoms with Gasteiger partial charge < -0.3 is 5.32 Å². The van der Waals surface area contributed by atoms with Crippen LogP contribution in [0.1, 0.15) is 67.2 Å². The zero-order valence-electron chi connectivity index (χ0n) is 14.4. The molecular weight excluding hydrogens is 244 g/mol. The Balaban J connectivity index is 1.93. The average molecular weight is 278 g/mol. The summed E-state index contributed by atoms with van der Waals surface area (Å²) in [5.74, 6) is 0.952. The minimum Gasteiger partial charge on any atom is -0.309 e. The quantitative estimate of drug-likeness (QED) is 0.829. The normalized spacial score (nSPS) is 46.8. The van der Waals surface area contributed by atoms with Crippen LogP contribution in [0.4, 0.5) is 0 Å². The third-order valence-electron chi connectivity index (χ3n) is 6.86. The summed E-state index contributed by atoms with van der Waals surface area (Å²) < 4.78 is 0. The van der Waals surface area contributed by atoms with Crippen molar-refractivity contribution in [3.63, 3.8) is 0 Å². The van der Waals surface area contributed by atoms with Crippen LogP contribution in [0.5, 0.6) is 0 Å². The van der Waals surface area contributed by atoms with Gasteiger partial charge in [0.15, 0.2) is 0 Å². The molecule has 0 radical (unpaired) electrons. The lowest BCUT2D eigenvalue weighted by Gasteiger charge is -2.56. The molecule has 3 rings (SSSR count). The summed E-state index contributed by atoms with van der Waals surface area (Å²) >= 11 is 0. The topological polar surface area (TPSA) is 15.3 Å². The maximum atomic E-state index is 3.76. The number of hydrogen-bond donors (Lipinski definition) is 1. The molecule has 4 unspecified atom stereocenters. The van der Waals surface area contributed by atoms with E-state index in [-0.39, 0.29) is 5.54 Å². The third-order valence-corrected chi connectivity index (χ3v) is 6.86. The molecule has 1 heterocycles. The van der Waals surface area contributed by atoms with Crippen molar-refractivity contribution in [3.8, 4) is 0 Å². The predicted octanol–water partition coefficient (Wildman–Crippen LogP) is 3.66. The molecule has 3 fully saturated rings. The fourth-order valence-electron chi connectivity index (χ4n) is 5.94. The number of fused-ring (bicyclic) bond motifs is 2. The van der Waals surface area contributed by atoms with Gasteiger partial charge in [-0.3, -0.25) is 4.90 Å². The zero-order chi connectivity index (χ0) is 14.8. The lowest BCUT2D eigenvalue weighted by atomic mass is 9.66. The van der Waals surface area contributed by atoms with Crippen LogP contribution in [-0.2, 0) is 0 Å². The molecule has 1 N–H and O–H groups in total. The molecule has 0 aromatic carbocycles. The summed E-state index contributed by atoms with van der Waals surface area (Å²) in [5.41, 5.74) is 1.32. The third kappa shape index (κ3) is 2.06. The van der Waals surface area contributed by atoms with Crippen molar-refractivity contribution in [1.82, 2.24) is 10.2 Å². The van der Waals surface area contributed by atoms with Gasteiger partial charge in [0.1, 0.15) is 0 Å². The number of nitrogens with zero attached hydrogens (tertiary/aromatic N) is 1. The first-order chi connectivity index (χ1) is 9.20. The molecule has 0 aromatic heterocycles. The van der Waals surface area contributed by atoms with Gasteiger partial charge in [-0.25, -0.2) is 0 Å². The fraction of sp³-hybridized carbons (Fsp3) is 1.00. The summed E-state index contributed by atoms with van der Waals surface area (Å²) in [7, 11) is 0. The highest BCUT2D eigenvalue weighted by Gasteiger charge is 2.62. The van der Waals surface area contributed by atoms with Crippen molar-refractivity contribution >= 4 is 0 Å². The lowest BCUT2D eigenvalue weighted by Crippen LogP contribution is -2.67. The van der Waals surface area contributed by atoms with Crippen LogP contribution in [-0.4, -0.2) is 35.6 Å². The highest BCUT2D eigenvalue weighted by Crippen LogP contribution is 2.64. The van der Waals surface area contributed by atoms with Crippen molar-refractivity contribution in [2.24, 2.45) is 16.7 Å². The Hall–Kier alpha value is -0.0800. The maximum absolute atomic E-state index is 3.76. The molecule has 116 valence electrons. The standard InChI is InChI=1S/C18H34N2/c1-7-14-11-19-16(2,3)12-20(14)15-17(4,5)13-8-9-18(15,6)10-13/h13-15,19H,7-12H2,1-6H3. The molecule has 0 aromatic rings. The minimum absolute atomic E-state index is 0.264. The smallest absolute Gasteiger partial charge is 0.0253 e. The van der Waals surface area contributed by atoms with Crippen molar-refractivity contribution in [3.05, 3.63) is 0 Å². The molecular formula is C18H34N2. The SMILES string of the molecule is CCC1CNC(C)(C)CN1C1C2(C)CCC(C2)C1(C)C. The molecule has 1 aliphatic heterocycles. The molecule has 3 aliphatic rings. The summed E-state index contributed by atoms with van der Waals surface area (Å²) in [6, 6.07) is 1.50. The molecule has 0 amide bonds. The van der Waals surface area contributed by atoms with E-state index in [9.17, 15) is 0 Å². The lowest BCUT2D eigenvalue weighted by molar-refractivity contribution is -0.0521. The molecule has 20 heavy (non-hydrogen) atoms. The number of piperazine rings is 1. The van der Waals surface area contributed by atoms with Gasteiger partial charge in [-0.2, -0.15) is 0 Å². The number of nitrogens with one attached hydrogen (secondary N) is 1. The monoisotopic (exact) mass is 278 g/mol. The van der Waals surface area contributed by atoms with E-state index in [0.29, 0.717) is 10.8 Å². The van der Waals surface area contributed by atoms with Gasteiger partial charge in [-0.05, 0) is 56.3 Å². The molecule has 2 aliphatic carbocycles. The van der Waals surface area contributed by atoms with Crippen molar-refractivity contribution in [1.29, 1.82) is 0 Å². The Kier molecular flexibility index (Phi) is 3.31. The molecule has 0 spiro atoms. The predicted molar refractivity (Wildman–Crippen MR) is 85.9 cm³/mol. The van der Waals surface area contributed by atoms with Crippen LogP contribution in [0.3, 0.4) is 0 Å². The van der Waals surface area contributed by atoms with E-state index in [4.69, 9.17) is 0 Å². The summed E-state index contributed by atoms with van der Waals surface area (Å²) in [6.07, 6.45) is 5.65. The Morgan fingerprint density at radius 1 is 1.15 bits per heavy atom. The van der Waals surface area contributed by atoms with Crippen LogP contribution >= 0.6 is 0 Å². The van der Waals surface area contributed by atoms with Crippen LogP contribution in [0.2, 0.25) is 0 Å². The first-order valence-electron chi connectivity index (χ1n) is 8.70. The van der Waals surface area contributed by atoms with E-state index >= 15 is 0 Å². The van der Waals surface area contributed by atoms with Gasteiger partial charge in [-0.1, -0.05) is 27.7 Å². The molecule has 2 nitrogen and oxygen atoms in total. The van der Waals surface area contributed by atoms with Crippen LogP contribution < -0.4 is 5.32 Å². The van der Waals surface area contributed by atoms with Gasteiger partial charge in [0.2, 0.25) is 0 Å². The van der Waals surface area contributed by atoms with E-state index in [1.807, 2.05) is 0 Å². The first-order valence-corrected chi connectivity index (χ1v) is 8.70. The number of rotatable bonds is 2. The summed E-state index contributed by atoms with van der Waals surface area (Å²) in [4.78, 5) is 2.91. The van der Waals surface area contributed by atoms with Crippen molar-refractivity contribution in [2.75, 3.05) is 13.1 Å². The van der Waals surface area contributed by atoms with E-state index in [1.54, 1.807) is 0 Å². The van der Waals surface area contributed by atoms with E-state index in [2.05, 4.69) is 51.8 Å². The second kappa shape index (κ2) is 4.46. The van der Waals surface area contributed by atoms with E-state index < -0.39 is 0 Å².